The number of hydrogen-bond acceptors (Lipinski definition) is 4. The van der Waals surface area contributed by atoms with Crippen molar-refractivity contribution in [2.75, 3.05) is 14.2 Å². The lowest BCUT2D eigenvalue weighted by molar-refractivity contribution is 0.404. The van der Waals surface area contributed by atoms with Gasteiger partial charge in [0.05, 0.1) is 38.3 Å². The molecule has 0 aliphatic rings. The molecule has 2 heterocycles. The van der Waals surface area contributed by atoms with E-state index >= 15 is 0 Å². The smallest absolute Gasteiger partial charge is 0.128 e. The number of nitrogens with zero attached hydrogens (tertiary/aromatic N) is 4. The maximum absolute atomic E-state index is 5.65. The third kappa shape index (κ3) is 3.49. The van der Waals surface area contributed by atoms with Gasteiger partial charge in [-0.3, -0.25) is 0 Å². The largest absolute Gasteiger partial charge is 0.497 e. The Morgan fingerprint density at radius 3 is 2.50 bits per heavy atom. The minimum absolute atomic E-state index is 0.756. The van der Waals surface area contributed by atoms with Gasteiger partial charge in [0.25, 0.3) is 0 Å². The average molecular weight is 374 g/mol. The Bertz CT molecular complexity index is 1040. The monoisotopic (exact) mass is 374 g/mol. The molecule has 0 aliphatic carbocycles. The van der Waals surface area contributed by atoms with E-state index in [0.29, 0.717) is 0 Å². The SMILES string of the molecule is COc1ccc(OC)c(-c2c(-c3ccccc3)ncn2CCn2ccnc2)c1. The van der Waals surface area contributed by atoms with Gasteiger partial charge in [-0.25, -0.2) is 9.97 Å². The predicted molar refractivity (Wildman–Crippen MR) is 108 cm³/mol. The van der Waals surface area contributed by atoms with Crippen molar-refractivity contribution in [3.63, 3.8) is 0 Å². The van der Waals surface area contributed by atoms with Crippen molar-refractivity contribution in [2.24, 2.45) is 0 Å². The quantitative estimate of drug-likeness (QED) is 0.488. The second kappa shape index (κ2) is 8.00. The van der Waals surface area contributed by atoms with Crippen LogP contribution >= 0.6 is 0 Å². The Hall–Kier alpha value is -3.54. The van der Waals surface area contributed by atoms with E-state index in [-0.39, 0.29) is 0 Å². The highest BCUT2D eigenvalue weighted by molar-refractivity contribution is 5.82. The number of methoxy groups -OCH3 is 2. The minimum atomic E-state index is 0.756. The van der Waals surface area contributed by atoms with Crippen LogP contribution in [-0.2, 0) is 13.1 Å². The van der Waals surface area contributed by atoms with Gasteiger partial charge in [0.15, 0.2) is 0 Å². The molecule has 0 saturated carbocycles. The summed E-state index contributed by atoms with van der Waals surface area (Å²) in [6, 6.07) is 16.0. The van der Waals surface area contributed by atoms with Crippen molar-refractivity contribution in [2.45, 2.75) is 13.1 Å². The van der Waals surface area contributed by atoms with E-state index in [1.807, 2.05) is 55.2 Å². The summed E-state index contributed by atoms with van der Waals surface area (Å²) < 4.78 is 15.3. The number of aryl methyl sites for hydroxylation is 2. The van der Waals surface area contributed by atoms with Crippen LogP contribution in [0.4, 0.5) is 0 Å². The number of aromatic nitrogens is 4. The first-order valence-corrected chi connectivity index (χ1v) is 9.09. The molecular formula is C22H22N4O2. The van der Waals surface area contributed by atoms with Crippen LogP contribution in [0.25, 0.3) is 22.5 Å². The van der Waals surface area contributed by atoms with E-state index < -0.39 is 0 Å². The molecule has 142 valence electrons. The highest BCUT2D eigenvalue weighted by Crippen LogP contribution is 2.38. The van der Waals surface area contributed by atoms with Crippen LogP contribution in [0.3, 0.4) is 0 Å². The lowest BCUT2D eigenvalue weighted by Crippen LogP contribution is -2.07. The van der Waals surface area contributed by atoms with Crippen molar-refractivity contribution >= 4 is 0 Å². The molecule has 28 heavy (non-hydrogen) atoms. The Morgan fingerprint density at radius 1 is 0.929 bits per heavy atom. The van der Waals surface area contributed by atoms with Crippen molar-refractivity contribution in [3.05, 3.63) is 73.6 Å². The molecule has 4 aromatic rings. The fourth-order valence-electron chi connectivity index (χ4n) is 3.28. The van der Waals surface area contributed by atoms with E-state index in [0.717, 1.165) is 47.1 Å². The van der Waals surface area contributed by atoms with Crippen LogP contribution in [0, 0.1) is 0 Å². The molecule has 0 N–H and O–H groups in total. The molecule has 0 aliphatic heterocycles. The number of ether oxygens (including phenoxy) is 2. The first kappa shape index (κ1) is 17.9. The van der Waals surface area contributed by atoms with Gasteiger partial charge in [-0.1, -0.05) is 30.3 Å². The number of rotatable bonds is 7. The van der Waals surface area contributed by atoms with Gasteiger partial charge >= 0.3 is 0 Å². The lowest BCUT2D eigenvalue weighted by atomic mass is 10.0. The second-order valence-electron chi connectivity index (χ2n) is 6.37. The maximum atomic E-state index is 5.65. The molecule has 0 bridgehead atoms. The third-order valence-corrected chi connectivity index (χ3v) is 4.71. The summed E-state index contributed by atoms with van der Waals surface area (Å²) in [5.74, 6) is 1.56. The van der Waals surface area contributed by atoms with E-state index in [1.54, 1.807) is 20.4 Å². The first-order chi connectivity index (χ1) is 13.8. The molecule has 0 spiro atoms. The van der Waals surface area contributed by atoms with Crippen LogP contribution in [0.15, 0.2) is 73.6 Å². The number of hydrogen-bond donors (Lipinski definition) is 0. The van der Waals surface area contributed by atoms with Crippen LogP contribution in [0.1, 0.15) is 0 Å². The molecule has 2 aromatic carbocycles. The van der Waals surface area contributed by atoms with E-state index in [2.05, 4.69) is 26.3 Å². The molecule has 0 amide bonds. The van der Waals surface area contributed by atoms with E-state index in [4.69, 9.17) is 14.5 Å². The van der Waals surface area contributed by atoms with Gasteiger partial charge < -0.3 is 18.6 Å². The molecule has 0 fully saturated rings. The Kier molecular flexibility index (Phi) is 5.10. The normalized spacial score (nSPS) is 10.8. The van der Waals surface area contributed by atoms with E-state index in [1.165, 1.54) is 0 Å². The standard InChI is InChI=1S/C22H22N4O2/c1-27-18-8-9-20(28-2)19(14-18)22-21(17-6-4-3-5-7-17)24-16-26(22)13-12-25-11-10-23-15-25/h3-11,14-16H,12-13H2,1-2H3. The Morgan fingerprint density at radius 2 is 1.79 bits per heavy atom. The molecule has 0 saturated heterocycles. The number of benzene rings is 2. The van der Waals surface area contributed by atoms with Gasteiger partial charge in [-0.05, 0) is 18.2 Å². The average Bonchev–Trinajstić information content (AvgIpc) is 3.42. The van der Waals surface area contributed by atoms with Crippen LogP contribution < -0.4 is 9.47 Å². The molecule has 6 nitrogen and oxygen atoms in total. The third-order valence-electron chi connectivity index (χ3n) is 4.71. The summed E-state index contributed by atoms with van der Waals surface area (Å²) in [6.07, 6.45) is 7.45. The summed E-state index contributed by atoms with van der Waals surface area (Å²) in [7, 11) is 3.35. The van der Waals surface area contributed by atoms with Gasteiger partial charge in [-0.2, -0.15) is 0 Å². The van der Waals surface area contributed by atoms with Gasteiger partial charge in [-0.15, -0.1) is 0 Å². The van der Waals surface area contributed by atoms with Crippen LogP contribution in [-0.4, -0.2) is 33.3 Å². The van der Waals surface area contributed by atoms with Crippen molar-refractivity contribution in [1.82, 2.24) is 19.1 Å². The van der Waals surface area contributed by atoms with Gasteiger partial charge in [0, 0.05) is 36.6 Å². The molecule has 0 atom stereocenters. The van der Waals surface area contributed by atoms with Gasteiger partial charge in [0.2, 0.25) is 0 Å². The highest BCUT2D eigenvalue weighted by atomic mass is 16.5. The first-order valence-electron chi connectivity index (χ1n) is 9.09. The number of imidazole rings is 2. The highest BCUT2D eigenvalue weighted by Gasteiger charge is 2.19. The molecular weight excluding hydrogens is 352 g/mol. The lowest BCUT2D eigenvalue weighted by Gasteiger charge is -2.15. The van der Waals surface area contributed by atoms with Crippen LogP contribution in [0.2, 0.25) is 0 Å². The van der Waals surface area contributed by atoms with Crippen LogP contribution in [0.5, 0.6) is 11.5 Å². The second-order valence-corrected chi connectivity index (χ2v) is 6.37. The van der Waals surface area contributed by atoms with Gasteiger partial charge in [0.1, 0.15) is 11.5 Å². The molecule has 6 heteroatoms. The molecule has 4 rings (SSSR count). The zero-order chi connectivity index (χ0) is 19.3. The summed E-state index contributed by atoms with van der Waals surface area (Å²) >= 11 is 0. The topological polar surface area (TPSA) is 54.1 Å². The summed E-state index contributed by atoms with van der Waals surface area (Å²) in [5.41, 5.74) is 3.92. The van der Waals surface area contributed by atoms with E-state index in [9.17, 15) is 0 Å². The Labute approximate surface area is 164 Å². The molecule has 2 aromatic heterocycles. The minimum Gasteiger partial charge on any atom is -0.497 e. The molecule has 0 unspecified atom stereocenters. The zero-order valence-electron chi connectivity index (χ0n) is 15.9. The fourth-order valence-corrected chi connectivity index (χ4v) is 3.28. The zero-order valence-corrected chi connectivity index (χ0v) is 15.9. The predicted octanol–water partition coefficient (Wildman–Crippen LogP) is 4.13. The fraction of sp³-hybridized carbons (Fsp3) is 0.182. The summed E-state index contributed by atoms with van der Waals surface area (Å²) in [4.78, 5) is 8.85. The van der Waals surface area contributed by atoms with Crippen molar-refractivity contribution in [1.29, 1.82) is 0 Å². The summed E-state index contributed by atoms with van der Waals surface area (Å²) in [5, 5.41) is 0. The van der Waals surface area contributed by atoms with Crippen molar-refractivity contribution < 1.29 is 9.47 Å². The maximum Gasteiger partial charge on any atom is 0.128 e. The Balaban J connectivity index is 1.84. The van der Waals surface area contributed by atoms with Crippen molar-refractivity contribution in [3.8, 4) is 34.0 Å². The molecule has 0 radical (unpaired) electrons. The summed E-state index contributed by atoms with van der Waals surface area (Å²) in [6.45, 7) is 1.55.